The summed E-state index contributed by atoms with van der Waals surface area (Å²) in [7, 11) is 3.34. The van der Waals surface area contributed by atoms with Gasteiger partial charge in [-0.3, -0.25) is 4.79 Å². The van der Waals surface area contributed by atoms with Gasteiger partial charge in [0.15, 0.2) is 11.5 Å². The Morgan fingerprint density at radius 2 is 2.00 bits per heavy atom. The molecule has 1 aromatic rings. The van der Waals surface area contributed by atoms with E-state index in [1.807, 2.05) is 12.1 Å². The number of likely N-dealkylation sites (tertiary alicyclic amines) is 1. The first kappa shape index (κ1) is 18.4. The highest BCUT2D eigenvalue weighted by molar-refractivity contribution is 5.88. The summed E-state index contributed by atoms with van der Waals surface area (Å²) in [5, 5.41) is 0. The SMILES string of the molecule is C=C1C(C)(C)[C@@H]2CC[C@@]1(C(=O)N1CC[C@H](c3cccc(OC)c3OC)C1)C2. The average Bonchev–Trinajstić information content (AvgIpc) is 3.37. The molecule has 2 saturated carbocycles. The topological polar surface area (TPSA) is 38.8 Å². The van der Waals surface area contributed by atoms with Crippen LogP contribution in [-0.2, 0) is 4.79 Å². The first-order chi connectivity index (χ1) is 12.8. The van der Waals surface area contributed by atoms with Crippen LogP contribution in [0.3, 0.4) is 0 Å². The second-order valence-corrected chi connectivity index (χ2v) is 9.04. The minimum atomic E-state index is -0.318. The van der Waals surface area contributed by atoms with E-state index in [1.54, 1.807) is 14.2 Å². The number of hydrogen-bond donors (Lipinski definition) is 0. The summed E-state index contributed by atoms with van der Waals surface area (Å²) < 4.78 is 11.1. The van der Waals surface area contributed by atoms with Gasteiger partial charge in [-0.05, 0) is 43.1 Å². The number of benzene rings is 1. The quantitative estimate of drug-likeness (QED) is 0.738. The number of amides is 1. The molecule has 1 aliphatic heterocycles. The fourth-order valence-electron chi connectivity index (χ4n) is 5.86. The molecule has 2 bridgehead atoms. The van der Waals surface area contributed by atoms with Crippen LogP contribution in [0.25, 0.3) is 0 Å². The normalized spacial score (nSPS) is 31.4. The lowest BCUT2D eigenvalue weighted by Crippen LogP contribution is -2.43. The van der Waals surface area contributed by atoms with Crippen LogP contribution >= 0.6 is 0 Å². The number of carbonyl (C=O) groups excluding carboxylic acids is 1. The van der Waals surface area contributed by atoms with Gasteiger partial charge in [-0.25, -0.2) is 0 Å². The van der Waals surface area contributed by atoms with Gasteiger partial charge in [0.25, 0.3) is 0 Å². The third-order valence-corrected chi connectivity index (χ3v) is 7.65. The highest BCUT2D eigenvalue weighted by Crippen LogP contribution is 2.66. The van der Waals surface area contributed by atoms with Crippen LogP contribution in [0.2, 0.25) is 0 Å². The minimum absolute atomic E-state index is 0.0864. The Hall–Kier alpha value is -1.97. The molecule has 1 saturated heterocycles. The Labute approximate surface area is 162 Å². The van der Waals surface area contributed by atoms with Crippen molar-refractivity contribution in [1.82, 2.24) is 4.90 Å². The monoisotopic (exact) mass is 369 g/mol. The standard InChI is InChI=1S/C23H31NO3/c1-15-22(2,3)17-9-11-23(15,13-17)21(25)24-12-10-16(14-24)18-7-6-8-19(26-4)20(18)27-5/h6-8,16-17H,1,9-14H2,2-5H3/t16-,17+,23+/m0/s1. The molecule has 0 N–H and O–H groups in total. The van der Waals surface area contributed by atoms with Gasteiger partial charge in [-0.1, -0.05) is 38.1 Å². The Bertz CT molecular complexity index is 784. The van der Waals surface area contributed by atoms with Gasteiger partial charge in [0.1, 0.15) is 0 Å². The van der Waals surface area contributed by atoms with Crippen molar-refractivity contribution in [2.45, 2.75) is 45.4 Å². The van der Waals surface area contributed by atoms with Crippen molar-refractivity contribution in [3.63, 3.8) is 0 Å². The maximum atomic E-state index is 13.6. The van der Waals surface area contributed by atoms with Crippen molar-refractivity contribution in [2.24, 2.45) is 16.7 Å². The highest BCUT2D eigenvalue weighted by Gasteiger charge is 2.62. The molecule has 0 aromatic heterocycles. The van der Waals surface area contributed by atoms with E-state index in [1.165, 1.54) is 5.57 Å². The summed E-state index contributed by atoms with van der Waals surface area (Å²) in [5.74, 6) is 2.75. The van der Waals surface area contributed by atoms with Gasteiger partial charge in [-0.15, -0.1) is 0 Å². The Balaban J connectivity index is 1.56. The molecule has 0 radical (unpaired) electrons. The van der Waals surface area contributed by atoms with Crippen molar-refractivity contribution >= 4 is 5.91 Å². The van der Waals surface area contributed by atoms with Crippen LogP contribution in [0.15, 0.2) is 30.4 Å². The van der Waals surface area contributed by atoms with E-state index >= 15 is 0 Å². The van der Waals surface area contributed by atoms with Gasteiger partial charge >= 0.3 is 0 Å². The smallest absolute Gasteiger partial charge is 0.232 e. The second-order valence-electron chi connectivity index (χ2n) is 9.04. The van der Waals surface area contributed by atoms with E-state index < -0.39 is 0 Å². The van der Waals surface area contributed by atoms with Crippen LogP contribution in [0.4, 0.5) is 0 Å². The molecule has 1 heterocycles. The van der Waals surface area contributed by atoms with Crippen LogP contribution in [0.5, 0.6) is 11.5 Å². The number of carbonyl (C=O) groups is 1. The summed E-state index contributed by atoms with van der Waals surface area (Å²) in [6, 6.07) is 6.02. The molecular weight excluding hydrogens is 338 g/mol. The Morgan fingerprint density at radius 1 is 1.22 bits per heavy atom. The molecule has 4 nitrogen and oxygen atoms in total. The van der Waals surface area contributed by atoms with Crippen molar-refractivity contribution < 1.29 is 14.3 Å². The number of fused-ring (bicyclic) bond motifs is 2. The molecule has 146 valence electrons. The fraction of sp³-hybridized carbons (Fsp3) is 0.609. The Kier molecular flexibility index (Phi) is 4.28. The minimum Gasteiger partial charge on any atom is -0.493 e. The zero-order valence-electron chi connectivity index (χ0n) is 17.0. The molecule has 3 fully saturated rings. The number of methoxy groups -OCH3 is 2. The molecule has 1 aromatic carbocycles. The molecule has 4 heteroatoms. The molecule has 0 spiro atoms. The van der Waals surface area contributed by atoms with Gasteiger partial charge in [-0.2, -0.15) is 0 Å². The van der Waals surface area contributed by atoms with Crippen LogP contribution in [-0.4, -0.2) is 38.1 Å². The summed E-state index contributed by atoms with van der Waals surface area (Å²) in [4.78, 5) is 15.7. The maximum Gasteiger partial charge on any atom is 0.232 e. The third kappa shape index (κ3) is 2.52. The van der Waals surface area contributed by atoms with E-state index in [-0.39, 0.29) is 16.7 Å². The molecule has 0 unspecified atom stereocenters. The van der Waals surface area contributed by atoms with Crippen LogP contribution in [0.1, 0.15) is 51.0 Å². The van der Waals surface area contributed by atoms with Crippen molar-refractivity contribution in [3.05, 3.63) is 35.9 Å². The first-order valence-electron chi connectivity index (χ1n) is 10.0. The van der Waals surface area contributed by atoms with Gasteiger partial charge < -0.3 is 14.4 Å². The van der Waals surface area contributed by atoms with Crippen molar-refractivity contribution in [1.29, 1.82) is 0 Å². The zero-order valence-corrected chi connectivity index (χ0v) is 17.0. The van der Waals surface area contributed by atoms with E-state index in [9.17, 15) is 4.79 Å². The van der Waals surface area contributed by atoms with E-state index in [2.05, 4.69) is 31.4 Å². The van der Waals surface area contributed by atoms with Gasteiger partial charge in [0.05, 0.1) is 19.6 Å². The summed E-state index contributed by atoms with van der Waals surface area (Å²) in [6.45, 7) is 10.5. The molecule has 27 heavy (non-hydrogen) atoms. The number of para-hydroxylation sites is 1. The maximum absolute atomic E-state index is 13.6. The predicted octanol–water partition coefficient (Wildman–Crippen LogP) is 4.40. The van der Waals surface area contributed by atoms with Crippen molar-refractivity contribution in [2.75, 3.05) is 27.3 Å². The highest BCUT2D eigenvalue weighted by atomic mass is 16.5. The molecular formula is C23H31NO3. The average molecular weight is 370 g/mol. The molecule has 1 amide bonds. The lowest BCUT2D eigenvalue weighted by atomic mass is 9.68. The Morgan fingerprint density at radius 3 is 2.63 bits per heavy atom. The fourth-order valence-corrected chi connectivity index (χ4v) is 5.86. The van der Waals surface area contributed by atoms with E-state index in [0.717, 1.165) is 55.8 Å². The predicted molar refractivity (Wildman–Crippen MR) is 106 cm³/mol. The summed E-state index contributed by atoms with van der Waals surface area (Å²) >= 11 is 0. The van der Waals surface area contributed by atoms with Crippen LogP contribution in [0, 0.1) is 16.7 Å². The zero-order chi connectivity index (χ0) is 19.4. The molecule has 4 rings (SSSR count). The molecule has 3 aliphatic rings. The second kappa shape index (κ2) is 6.29. The third-order valence-electron chi connectivity index (χ3n) is 7.65. The van der Waals surface area contributed by atoms with Crippen LogP contribution < -0.4 is 9.47 Å². The first-order valence-corrected chi connectivity index (χ1v) is 10.0. The van der Waals surface area contributed by atoms with Crippen molar-refractivity contribution in [3.8, 4) is 11.5 Å². The molecule has 2 aliphatic carbocycles. The number of nitrogens with zero attached hydrogens (tertiary/aromatic N) is 1. The number of rotatable bonds is 4. The number of ether oxygens (including phenoxy) is 2. The lowest BCUT2D eigenvalue weighted by molar-refractivity contribution is -0.138. The lowest BCUT2D eigenvalue weighted by Gasteiger charge is -2.39. The van der Waals surface area contributed by atoms with E-state index in [0.29, 0.717) is 11.8 Å². The van der Waals surface area contributed by atoms with Gasteiger partial charge in [0.2, 0.25) is 5.91 Å². The summed E-state index contributed by atoms with van der Waals surface area (Å²) in [5.41, 5.74) is 2.07. The molecule has 3 atom stereocenters. The number of hydrogen-bond acceptors (Lipinski definition) is 3. The summed E-state index contributed by atoms with van der Waals surface area (Å²) in [6.07, 6.45) is 4.08. The largest absolute Gasteiger partial charge is 0.493 e. The van der Waals surface area contributed by atoms with E-state index in [4.69, 9.17) is 9.47 Å². The van der Waals surface area contributed by atoms with Gasteiger partial charge in [0, 0.05) is 24.6 Å².